The fourth-order valence-electron chi connectivity index (χ4n) is 3.50. The molecule has 0 aromatic heterocycles. The quantitative estimate of drug-likeness (QED) is 0.576. The Morgan fingerprint density at radius 2 is 2.04 bits per heavy atom. The highest BCUT2D eigenvalue weighted by Crippen LogP contribution is 2.27. The number of fused-ring (bicyclic) bond motifs is 1. The molecule has 2 aliphatic rings. The maximum absolute atomic E-state index is 6.05. The van der Waals surface area contributed by atoms with Gasteiger partial charge in [-0.2, -0.15) is 4.99 Å². The van der Waals surface area contributed by atoms with Gasteiger partial charge in [0.2, 0.25) is 11.9 Å². The van der Waals surface area contributed by atoms with Gasteiger partial charge < -0.3 is 21.3 Å². The third-order valence-corrected chi connectivity index (χ3v) is 4.94. The van der Waals surface area contributed by atoms with Gasteiger partial charge in [-0.3, -0.25) is 0 Å². The summed E-state index contributed by atoms with van der Waals surface area (Å²) in [6.07, 6.45) is 1.22. The highest BCUT2D eigenvalue weighted by atomic mass is 15.2. The fourth-order valence-corrected chi connectivity index (χ4v) is 3.50. The number of nitrogens with one attached hydrogen (secondary N) is 2. The van der Waals surface area contributed by atoms with Crippen LogP contribution in [0.1, 0.15) is 23.5 Å². The molecule has 0 radical (unpaired) electrons. The average Bonchev–Trinajstić information content (AvgIpc) is 3.08. The Balaban J connectivity index is 1.39. The molecule has 1 atom stereocenters. The summed E-state index contributed by atoms with van der Waals surface area (Å²) in [6, 6.07) is 16.5. The van der Waals surface area contributed by atoms with Crippen molar-refractivity contribution in [2.45, 2.75) is 18.9 Å². The number of aliphatic imine (C=N–C) groups is 2. The first-order valence-electron chi connectivity index (χ1n) is 8.96. The second kappa shape index (κ2) is 7.17. The minimum Gasteiger partial charge on any atom is -0.369 e. The molecule has 2 aliphatic heterocycles. The topological polar surface area (TPSA) is 78.0 Å². The number of hydrogen-bond acceptors (Lipinski definition) is 4. The highest BCUT2D eigenvalue weighted by Gasteiger charge is 2.20. The number of likely N-dealkylation sites (N-methyl/N-ethyl adjacent to an activating group) is 1. The van der Waals surface area contributed by atoms with Gasteiger partial charge in [0, 0.05) is 17.9 Å². The van der Waals surface area contributed by atoms with Crippen molar-refractivity contribution in [3.8, 4) is 0 Å². The number of nitrogens with zero attached hydrogens (tertiary/aromatic N) is 3. The zero-order valence-electron chi connectivity index (χ0n) is 14.9. The first-order chi connectivity index (χ1) is 12.7. The molecule has 134 valence electrons. The summed E-state index contributed by atoms with van der Waals surface area (Å²) in [5.74, 6) is 1.48. The van der Waals surface area contributed by atoms with Gasteiger partial charge in [-0.25, -0.2) is 4.99 Å². The van der Waals surface area contributed by atoms with Crippen LogP contribution in [0.2, 0.25) is 0 Å². The molecule has 4 rings (SSSR count). The molecular formula is C20H24N6. The van der Waals surface area contributed by atoms with Crippen LogP contribution in [0.25, 0.3) is 0 Å². The van der Waals surface area contributed by atoms with Crippen LogP contribution in [-0.2, 0) is 6.54 Å². The first-order valence-corrected chi connectivity index (χ1v) is 8.96. The molecule has 1 fully saturated rings. The molecule has 6 nitrogen and oxygen atoms in total. The van der Waals surface area contributed by atoms with Crippen LogP contribution in [0.4, 0.5) is 11.4 Å². The lowest BCUT2D eigenvalue weighted by Crippen LogP contribution is -2.27. The van der Waals surface area contributed by atoms with Crippen LogP contribution < -0.4 is 16.4 Å². The number of likely N-dealkylation sites (tertiary alicyclic amines) is 1. The maximum atomic E-state index is 6.05. The van der Waals surface area contributed by atoms with Gasteiger partial charge in [0.25, 0.3) is 0 Å². The largest absolute Gasteiger partial charge is 0.369 e. The van der Waals surface area contributed by atoms with Gasteiger partial charge in [0.15, 0.2) is 0 Å². The minimum absolute atomic E-state index is 0.323. The standard InChI is InChI=1S/C20H24N6/c1-26-11-10-16(13-26)14-6-8-17(9-7-14)23-19(21)25-20-22-12-15-4-2-3-5-18(15)24-20/h2-9,16H,10-13H2,1H3,(H4,21,22,23,24,25). The second-order valence-corrected chi connectivity index (χ2v) is 6.91. The van der Waals surface area contributed by atoms with Crippen molar-refractivity contribution in [2.24, 2.45) is 15.7 Å². The van der Waals surface area contributed by atoms with Crippen LogP contribution in [0.3, 0.4) is 0 Å². The molecule has 1 saturated heterocycles. The van der Waals surface area contributed by atoms with Crippen molar-refractivity contribution < 1.29 is 0 Å². The highest BCUT2D eigenvalue weighted by molar-refractivity contribution is 6.06. The van der Waals surface area contributed by atoms with Crippen molar-refractivity contribution in [3.63, 3.8) is 0 Å². The summed E-state index contributed by atoms with van der Waals surface area (Å²) in [7, 11) is 2.17. The van der Waals surface area contributed by atoms with Gasteiger partial charge in [0.1, 0.15) is 0 Å². The minimum atomic E-state index is 0.323. The van der Waals surface area contributed by atoms with E-state index < -0.39 is 0 Å². The van der Waals surface area contributed by atoms with E-state index in [1.54, 1.807) is 0 Å². The lowest BCUT2D eigenvalue weighted by Gasteiger charge is -2.16. The number of hydrogen-bond donors (Lipinski definition) is 3. The monoisotopic (exact) mass is 348 g/mol. The smallest absolute Gasteiger partial charge is 0.226 e. The average molecular weight is 348 g/mol. The van der Waals surface area contributed by atoms with Crippen molar-refractivity contribution in [3.05, 3.63) is 59.7 Å². The molecule has 0 amide bonds. The van der Waals surface area contributed by atoms with E-state index in [-0.39, 0.29) is 0 Å². The Hall–Kier alpha value is -2.86. The van der Waals surface area contributed by atoms with E-state index in [0.717, 1.165) is 23.5 Å². The van der Waals surface area contributed by atoms with E-state index in [4.69, 9.17) is 5.73 Å². The number of guanidine groups is 2. The number of benzene rings is 2. The molecule has 2 heterocycles. The van der Waals surface area contributed by atoms with E-state index in [1.165, 1.54) is 18.5 Å². The van der Waals surface area contributed by atoms with Crippen molar-refractivity contribution in [1.29, 1.82) is 0 Å². The molecule has 26 heavy (non-hydrogen) atoms. The lowest BCUT2D eigenvalue weighted by atomic mass is 9.98. The summed E-state index contributed by atoms with van der Waals surface area (Å²) in [6.45, 7) is 2.91. The van der Waals surface area contributed by atoms with Crippen LogP contribution >= 0.6 is 0 Å². The number of para-hydroxylation sites is 1. The van der Waals surface area contributed by atoms with Gasteiger partial charge in [-0.05, 0) is 55.3 Å². The molecule has 2 aromatic rings. The number of nitrogens with two attached hydrogens (primary N) is 1. The Bertz CT molecular complexity index is 840. The van der Waals surface area contributed by atoms with Crippen LogP contribution in [-0.4, -0.2) is 37.0 Å². The molecule has 2 aromatic carbocycles. The molecule has 6 heteroatoms. The van der Waals surface area contributed by atoms with E-state index in [2.05, 4.69) is 62.9 Å². The summed E-state index contributed by atoms with van der Waals surface area (Å²) >= 11 is 0. The first kappa shape index (κ1) is 16.6. The van der Waals surface area contributed by atoms with E-state index in [1.807, 2.05) is 18.2 Å². The van der Waals surface area contributed by atoms with E-state index in [0.29, 0.717) is 24.4 Å². The zero-order chi connectivity index (χ0) is 17.9. The van der Waals surface area contributed by atoms with Gasteiger partial charge >= 0.3 is 0 Å². The molecule has 4 N–H and O–H groups in total. The molecule has 0 bridgehead atoms. The Labute approximate surface area is 153 Å². The molecule has 0 aliphatic carbocycles. The summed E-state index contributed by atoms with van der Waals surface area (Å²) in [5.41, 5.74) is 10.5. The van der Waals surface area contributed by atoms with Crippen molar-refractivity contribution in [2.75, 3.05) is 30.8 Å². The van der Waals surface area contributed by atoms with E-state index in [9.17, 15) is 0 Å². The number of anilines is 2. The normalized spacial score (nSPS) is 20.3. The van der Waals surface area contributed by atoms with Gasteiger partial charge in [-0.1, -0.05) is 30.3 Å². The van der Waals surface area contributed by atoms with Gasteiger partial charge in [0.05, 0.1) is 6.54 Å². The maximum Gasteiger partial charge on any atom is 0.226 e. The Kier molecular flexibility index (Phi) is 4.58. The Morgan fingerprint density at radius 3 is 2.81 bits per heavy atom. The van der Waals surface area contributed by atoms with Crippen LogP contribution in [0.15, 0.2) is 58.5 Å². The summed E-state index contributed by atoms with van der Waals surface area (Å²) in [5, 5.41) is 6.34. The third-order valence-electron chi connectivity index (χ3n) is 4.94. The number of rotatable bonds is 2. The van der Waals surface area contributed by atoms with E-state index >= 15 is 0 Å². The molecule has 1 unspecified atom stereocenters. The van der Waals surface area contributed by atoms with Crippen LogP contribution in [0.5, 0.6) is 0 Å². The SMILES string of the molecule is CN1CCC(c2ccc(NC(N)=NC3=NCc4ccccc4N3)cc2)C1. The predicted octanol–water partition coefficient (Wildman–Crippen LogP) is 2.81. The summed E-state index contributed by atoms with van der Waals surface area (Å²) < 4.78 is 0. The lowest BCUT2D eigenvalue weighted by molar-refractivity contribution is 0.411. The molecular weight excluding hydrogens is 324 g/mol. The van der Waals surface area contributed by atoms with Crippen molar-refractivity contribution >= 4 is 23.3 Å². The van der Waals surface area contributed by atoms with Gasteiger partial charge in [-0.15, -0.1) is 0 Å². The third kappa shape index (κ3) is 3.70. The Morgan fingerprint density at radius 1 is 1.23 bits per heavy atom. The van der Waals surface area contributed by atoms with Crippen LogP contribution in [0, 0.1) is 0 Å². The summed E-state index contributed by atoms with van der Waals surface area (Å²) in [4.78, 5) is 11.1. The fraction of sp³-hybridized carbons (Fsp3) is 0.300. The molecule has 0 saturated carbocycles. The predicted molar refractivity (Wildman–Crippen MR) is 108 cm³/mol. The molecule has 0 spiro atoms. The zero-order valence-corrected chi connectivity index (χ0v) is 14.9. The van der Waals surface area contributed by atoms with Crippen molar-refractivity contribution in [1.82, 2.24) is 4.90 Å². The second-order valence-electron chi connectivity index (χ2n) is 6.91.